The van der Waals surface area contributed by atoms with E-state index in [1.54, 1.807) is 48.5 Å². The molecule has 62 heavy (non-hydrogen) atoms. The van der Waals surface area contributed by atoms with Crippen molar-refractivity contribution in [2.75, 3.05) is 23.7 Å². The van der Waals surface area contributed by atoms with Crippen molar-refractivity contribution >= 4 is 35.3 Å². The van der Waals surface area contributed by atoms with Gasteiger partial charge in [0.2, 0.25) is 12.7 Å². The maximum absolute atomic E-state index is 12.8. The topological polar surface area (TPSA) is 158 Å². The quantitative estimate of drug-likeness (QED) is 0.0255. The lowest BCUT2D eigenvalue weighted by Crippen LogP contribution is -2.35. The average Bonchev–Trinajstić information content (AvgIpc) is 3.95. The predicted octanol–water partition coefficient (Wildman–Crippen LogP) is 7.31. The van der Waals surface area contributed by atoms with Crippen LogP contribution in [0.2, 0.25) is 0 Å². The number of imidazole rings is 2. The normalized spacial score (nSPS) is 10.9. The molecule has 6 amide bonds. The molecule has 0 fully saturated rings. The molecule has 2 aromatic heterocycles. The maximum Gasteiger partial charge on any atom is 0.319 e. The van der Waals surface area contributed by atoms with Gasteiger partial charge in [0.1, 0.15) is 24.8 Å². The molecule has 0 atom stereocenters. The van der Waals surface area contributed by atoms with Crippen LogP contribution in [0.4, 0.5) is 21.0 Å². The van der Waals surface area contributed by atoms with Gasteiger partial charge in [0.25, 0.3) is 11.8 Å². The lowest BCUT2D eigenvalue weighted by molar-refractivity contribution is -0.696. The van der Waals surface area contributed by atoms with Gasteiger partial charge in [0.15, 0.2) is 0 Å². The van der Waals surface area contributed by atoms with Gasteiger partial charge in [-0.05, 0) is 85.3 Å². The first-order chi connectivity index (χ1) is 30.3. The Balaban J connectivity index is 0.921. The Kier molecular flexibility index (Phi) is 19.6. The molecule has 5 aromatic rings. The fraction of sp³-hybridized carbons (Fsp3) is 0.417. The number of amides is 6. The largest absolute Gasteiger partial charge is 0.348 e. The summed E-state index contributed by atoms with van der Waals surface area (Å²) in [6, 6.07) is 20.6. The fourth-order valence-electron chi connectivity index (χ4n) is 6.88. The van der Waals surface area contributed by atoms with Gasteiger partial charge in [0, 0.05) is 61.5 Å². The number of rotatable bonds is 26. The fourth-order valence-corrected chi connectivity index (χ4v) is 6.88. The van der Waals surface area contributed by atoms with E-state index >= 15 is 0 Å². The Morgan fingerprint density at radius 3 is 1.27 bits per heavy atom. The second kappa shape index (κ2) is 26.0. The molecule has 14 nitrogen and oxygen atoms in total. The number of aromatic nitrogens is 4. The number of aryl methyl sites for hydroxylation is 4. The molecule has 0 saturated heterocycles. The van der Waals surface area contributed by atoms with Crippen LogP contribution in [-0.2, 0) is 39.3 Å². The molecule has 0 bridgehead atoms. The number of benzene rings is 3. The number of urea groups is 2. The number of carbonyl (C=O) groups is 4. The minimum atomic E-state index is -0.263. The van der Waals surface area contributed by atoms with Gasteiger partial charge in [-0.25, -0.2) is 27.9 Å². The molecule has 0 aliphatic heterocycles. The summed E-state index contributed by atoms with van der Waals surface area (Å²) in [7, 11) is 0. The summed E-state index contributed by atoms with van der Waals surface area (Å²) in [6.07, 6.45) is 24.2. The summed E-state index contributed by atoms with van der Waals surface area (Å²) in [5, 5.41) is 17.3. The predicted molar refractivity (Wildman–Crippen MR) is 242 cm³/mol. The van der Waals surface area contributed by atoms with Crippen LogP contribution < -0.4 is 41.0 Å². The number of hydrogen-bond acceptors (Lipinski definition) is 4. The Labute approximate surface area is 366 Å². The molecular formula is C48H66N10O4+2. The van der Waals surface area contributed by atoms with Crippen LogP contribution in [0.1, 0.15) is 110 Å². The van der Waals surface area contributed by atoms with E-state index in [1.165, 1.54) is 51.4 Å². The zero-order chi connectivity index (χ0) is 43.8. The molecular weight excluding hydrogens is 781 g/mol. The number of nitrogens with zero attached hydrogens (tertiary/aromatic N) is 4. The van der Waals surface area contributed by atoms with Gasteiger partial charge < -0.3 is 31.9 Å². The summed E-state index contributed by atoms with van der Waals surface area (Å²) in [4.78, 5) is 50.5. The Morgan fingerprint density at radius 1 is 0.484 bits per heavy atom. The Hall–Kier alpha value is -6.44. The molecule has 2 heterocycles. The van der Waals surface area contributed by atoms with Gasteiger partial charge in [-0.2, -0.15) is 0 Å². The first-order valence-corrected chi connectivity index (χ1v) is 22.3. The van der Waals surface area contributed by atoms with E-state index in [0.29, 0.717) is 48.7 Å². The maximum atomic E-state index is 12.8. The number of anilines is 2. The van der Waals surface area contributed by atoms with Crippen molar-refractivity contribution < 1.29 is 28.3 Å². The van der Waals surface area contributed by atoms with Gasteiger partial charge >= 0.3 is 12.1 Å². The number of unbranched alkanes of at least 4 members (excludes halogenated alkanes) is 6. The second-order valence-electron chi connectivity index (χ2n) is 15.7. The van der Waals surface area contributed by atoms with Crippen LogP contribution in [0.5, 0.6) is 0 Å². The minimum absolute atomic E-state index is 0.262. The van der Waals surface area contributed by atoms with Gasteiger partial charge in [-0.1, -0.05) is 63.8 Å². The third kappa shape index (κ3) is 16.9. The highest BCUT2D eigenvalue weighted by atomic mass is 16.2. The molecule has 0 unspecified atom stereocenters. The number of hydrogen-bond donors (Lipinski definition) is 6. The van der Waals surface area contributed by atoms with Crippen LogP contribution in [0, 0.1) is 0 Å². The molecule has 0 radical (unpaired) electrons. The van der Waals surface area contributed by atoms with Crippen LogP contribution in [0.25, 0.3) is 0 Å². The monoisotopic (exact) mass is 847 g/mol. The highest BCUT2D eigenvalue weighted by Gasteiger charge is 2.11. The van der Waals surface area contributed by atoms with Crippen molar-refractivity contribution in [2.24, 2.45) is 0 Å². The van der Waals surface area contributed by atoms with E-state index in [2.05, 4.69) is 101 Å². The first-order valence-electron chi connectivity index (χ1n) is 22.3. The van der Waals surface area contributed by atoms with E-state index < -0.39 is 0 Å². The van der Waals surface area contributed by atoms with E-state index in [-0.39, 0.29) is 23.9 Å². The van der Waals surface area contributed by atoms with E-state index in [1.807, 2.05) is 24.3 Å². The van der Waals surface area contributed by atoms with Crippen molar-refractivity contribution in [1.82, 2.24) is 30.4 Å². The average molecular weight is 847 g/mol. The van der Waals surface area contributed by atoms with Crippen molar-refractivity contribution in [2.45, 2.75) is 117 Å². The third-order valence-electron chi connectivity index (χ3n) is 10.5. The van der Waals surface area contributed by atoms with Crippen molar-refractivity contribution in [3.8, 4) is 0 Å². The highest BCUT2D eigenvalue weighted by Crippen LogP contribution is 2.12. The van der Waals surface area contributed by atoms with E-state index in [9.17, 15) is 19.2 Å². The molecule has 0 aliphatic rings. The van der Waals surface area contributed by atoms with Crippen LogP contribution in [-0.4, -0.2) is 46.1 Å². The summed E-state index contributed by atoms with van der Waals surface area (Å²) in [5.74, 6) is -0.527. The first kappa shape index (κ1) is 46.6. The molecule has 330 valence electrons. The summed E-state index contributed by atoms with van der Waals surface area (Å²) in [6.45, 7) is 9.90. The zero-order valence-electron chi connectivity index (χ0n) is 36.5. The summed E-state index contributed by atoms with van der Waals surface area (Å²) in [5.41, 5.74) is 3.94. The molecule has 14 heteroatoms. The summed E-state index contributed by atoms with van der Waals surface area (Å²) < 4.78 is 8.73. The molecule has 0 spiro atoms. The molecule has 6 N–H and O–H groups in total. The molecule has 0 aliphatic carbocycles. The SMILES string of the molecule is CCCCCCn1cc[n+](CCCNC(=O)Nc2ccc(CNC(=O)c3ccc(C(=O)NCc4ccc(NC(=O)NCCC[n+]5ccn(CCCCCC)c5)cc4)cc3)cc2)c1. The van der Waals surface area contributed by atoms with Gasteiger partial charge in [-0.3, -0.25) is 9.59 Å². The minimum Gasteiger partial charge on any atom is -0.348 e. The van der Waals surface area contributed by atoms with Crippen molar-refractivity contribution in [1.29, 1.82) is 0 Å². The smallest absolute Gasteiger partial charge is 0.319 e. The second-order valence-corrected chi connectivity index (χ2v) is 15.7. The number of nitrogens with one attached hydrogen (secondary N) is 6. The van der Waals surface area contributed by atoms with Crippen LogP contribution in [0.3, 0.4) is 0 Å². The lowest BCUT2D eigenvalue weighted by Gasteiger charge is -2.10. The third-order valence-corrected chi connectivity index (χ3v) is 10.5. The number of carbonyl (C=O) groups excluding carboxylic acids is 4. The zero-order valence-corrected chi connectivity index (χ0v) is 36.5. The van der Waals surface area contributed by atoms with Crippen LogP contribution >= 0.6 is 0 Å². The Morgan fingerprint density at radius 2 is 0.887 bits per heavy atom. The molecule has 5 rings (SSSR count). The molecule has 0 saturated carbocycles. The van der Waals surface area contributed by atoms with Gasteiger partial charge in [-0.15, -0.1) is 0 Å². The standard InChI is InChI=1S/C48H64N10O4/c1-3-5-7-9-27-55-31-33-57(37-55)29-11-25-49-47(61)53-43-21-13-39(14-22-43)35-51-45(59)41-17-19-42(20-18-41)46(60)52-36-40-15-23-44(24-16-40)54-48(62)50-26-12-30-58-34-32-56(38-58)28-10-8-6-4-2/h13-24,31-34,37-38H,3-12,25-30,35-36H2,1-2H3,(H4-2,49,50,51,52,53,54,59,60,61,62)/p+2. The summed E-state index contributed by atoms with van der Waals surface area (Å²) >= 11 is 0. The lowest BCUT2D eigenvalue weighted by atomic mass is 10.1. The van der Waals surface area contributed by atoms with Crippen molar-refractivity contribution in [3.05, 3.63) is 132 Å². The van der Waals surface area contributed by atoms with E-state index in [4.69, 9.17) is 0 Å². The highest BCUT2D eigenvalue weighted by molar-refractivity contribution is 5.98. The van der Waals surface area contributed by atoms with E-state index in [0.717, 1.165) is 50.1 Å². The molecule has 3 aromatic carbocycles. The Bertz CT molecular complexity index is 1960. The van der Waals surface area contributed by atoms with Crippen molar-refractivity contribution in [3.63, 3.8) is 0 Å². The van der Waals surface area contributed by atoms with Gasteiger partial charge in [0.05, 0.1) is 26.2 Å². The van der Waals surface area contributed by atoms with Crippen LogP contribution in [0.15, 0.2) is 110 Å².